The number of nitrogen functional groups attached to an aromatic ring is 1. The van der Waals surface area contributed by atoms with Crippen LogP contribution in [0.5, 0.6) is 0 Å². The summed E-state index contributed by atoms with van der Waals surface area (Å²) in [6.07, 6.45) is 20.3. The molecule has 2 aromatic rings. The number of aromatic nitrogens is 4. The lowest BCUT2D eigenvalue weighted by molar-refractivity contribution is 0.196. The first-order valence-electron chi connectivity index (χ1n) is 15.0. The number of azide groups is 1. The van der Waals surface area contributed by atoms with E-state index in [1.54, 1.807) is 0 Å². The highest BCUT2D eigenvalue weighted by atomic mass is 15.3. The first kappa shape index (κ1) is 27.0. The summed E-state index contributed by atoms with van der Waals surface area (Å²) >= 11 is 0. The van der Waals surface area contributed by atoms with Crippen LogP contribution in [0, 0.1) is 11.8 Å². The smallest absolute Gasteiger partial charge is 0.200 e. The Morgan fingerprint density at radius 3 is 1.84 bits per heavy atom. The van der Waals surface area contributed by atoms with Gasteiger partial charge in [-0.15, -0.1) is 0 Å². The molecular formula is C28H46N10. The summed E-state index contributed by atoms with van der Waals surface area (Å²) in [6.45, 7) is 8.72. The zero-order valence-corrected chi connectivity index (χ0v) is 23.1. The van der Waals surface area contributed by atoms with Crippen LogP contribution in [0.1, 0.15) is 88.4 Å². The average molecular weight is 523 g/mol. The number of nitrogens with two attached hydrogens (primary N) is 1. The fourth-order valence-corrected chi connectivity index (χ4v) is 7.00. The standard InChI is InChI=1S/C14H22N6.C14H24N4/c15-18-17-14-16-9-13-11-19(7-4-8-20(13)14)10-12-5-2-1-3-6-12;15-14-16-9-13-11-17(7-4-8-18(13)14)10-12-5-2-1-3-6-12/h9,12H,1-8,10-11H2;9,12H,1-8,10-11H2,(H2,15,16). The molecule has 38 heavy (non-hydrogen) atoms. The summed E-state index contributed by atoms with van der Waals surface area (Å²) in [6, 6.07) is 0. The van der Waals surface area contributed by atoms with Crippen molar-refractivity contribution in [2.75, 3.05) is 31.9 Å². The third kappa shape index (κ3) is 7.10. The number of fused-ring (bicyclic) bond motifs is 2. The molecule has 0 radical (unpaired) electrons. The van der Waals surface area contributed by atoms with Crippen LogP contribution in [0.3, 0.4) is 0 Å². The number of anilines is 1. The van der Waals surface area contributed by atoms with Crippen LogP contribution in [0.4, 0.5) is 11.9 Å². The first-order chi connectivity index (χ1) is 18.7. The molecule has 0 atom stereocenters. The van der Waals surface area contributed by atoms with Gasteiger partial charge in [-0.25, -0.2) is 9.97 Å². The Kier molecular flexibility index (Phi) is 9.60. The maximum atomic E-state index is 8.57. The first-order valence-corrected chi connectivity index (χ1v) is 15.0. The molecule has 6 rings (SSSR count). The minimum atomic E-state index is 0.516. The van der Waals surface area contributed by atoms with Crippen molar-refractivity contribution in [2.45, 2.75) is 103 Å². The van der Waals surface area contributed by atoms with Crippen LogP contribution >= 0.6 is 0 Å². The minimum Gasteiger partial charge on any atom is -0.369 e. The summed E-state index contributed by atoms with van der Waals surface area (Å²) in [7, 11) is 0. The number of hydrogen-bond donors (Lipinski definition) is 1. The van der Waals surface area contributed by atoms with E-state index in [2.05, 4.69) is 38.9 Å². The number of hydrogen-bond acceptors (Lipinski definition) is 6. The lowest BCUT2D eigenvalue weighted by Gasteiger charge is -2.28. The van der Waals surface area contributed by atoms with E-state index >= 15 is 0 Å². The van der Waals surface area contributed by atoms with Crippen molar-refractivity contribution in [1.82, 2.24) is 28.9 Å². The number of rotatable bonds is 5. The van der Waals surface area contributed by atoms with Gasteiger partial charge in [-0.3, -0.25) is 9.80 Å². The predicted molar refractivity (Wildman–Crippen MR) is 151 cm³/mol. The molecule has 0 aromatic carbocycles. The van der Waals surface area contributed by atoms with E-state index < -0.39 is 0 Å². The lowest BCUT2D eigenvalue weighted by Crippen LogP contribution is -2.30. The molecule has 10 heteroatoms. The van der Waals surface area contributed by atoms with Gasteiger partial charge >= 0.3 is 0 Å². The van der Waals surface area contributed by atoms with Crippen molar-refractivity contribution in [1.29, 1.82) is 0 Å². The fourth-order valence-electron chi connectivity index (χ4n) is 7.00. The Morgan fingerprint density at radius 1 is 0.737 bits per heavy atom. The Morgan fingerprint density at radius 2 is 1.26 bits per heavy atom. The van der Waals surface area contributed by atoms with Gasteiger partial charge in [0.1, 0.15) is 0 Å². The van der Waals surface area contributed by atoms with Gasteiger partial charge in [0.25, 0.3) is 0 Å². The van der Waals surface area contributed by atoms with E-state index in [4.69, 9.17) is 11.3 Å². The third-order valence-electron chi connectivity index (χ3n) is 8.99. The largest absolute Gasteiger partial charge is 0.369 e. The molecule has 2 aromatic heterocycles. The highest BCUT2D eigenvalue weighted by Gasteiger charge is 2.22. The molecule has 2 fully saturated rings. The SMILES string of the molecule is Nc1ncc2n1CCCN(CC1CCCCC1)C2.[N-]=[N+]=Nc1ncc2n1CCCN(CC1CCCCC1)C2. The molecular weight excluding hydrogens is 476 g/mol. The van der Waals surface area contributed by atoms with Crippen LogP contribution in [0.2, 0.25) is 0 Å². The summed E-state index contributed by atoms with van der Waals surface area (Å²) in [4.78, 5) is 16.5. The highest BCUT2D eigenvalue weighted by molar-refractivity contribution is 5.23. The Hall–Kier alpha value is -2.55. The Balaban J connectivity index is 0.000000156. The topological polar surface area (TPSA) is 117 Å². The molecule has 4 aliphatic rings. The second-order valence-corrected chi connectivity index (χ2v) is 11.8. The molecule has 2 N–H and O–H groups in total. The van der Waals surface area contributed by atoms with Gasteiger partial charge in [0, 0.05) is 63.5 Å². The predicted octanol–water partition coefficient (Wildman–Crippen LogP) is 5.86. The van der Waals surface area contributed by atoms with Crippen molar-refractivity contribution in [3.05, 3.63) is 34.2 Å². The van der Waals surface area contributed by atoms with E-state index in [-0.39, 0.29) is 0 Å². The fraction of sp³-hybridized carbons (Fsp3) is 0.786. The zero-order valence-electron chi connectivity index (χ0n) is 23.1. The molecule has 2 saturated carbocycles. The molecule has 0 unspecified atom stereocenters. The van der Waals surface area contributed by atoms with Crippen LogP contribution in [-0.2, 0) is 26.2 Å². The third-order valence-corrected chi connectivity index (χ3v) is 8.99. The van der Waals surface area contributed by atoms with Crippen molar-refractivity contribution >= 4 is 11.9 Å². The van der Waals surface area contributed by atoms with Gasteiger partial charge in [0.2, 0.25) is 0 Å². The van der Waals surface area contributed by atoms with Gasteiger partial charge in [0.05, 0.1) is 17.6 Å². The normalized spacial score (nSPS) is 21.8. The van der Waals surface area contributed by atoms with E-state index in [1.807, 2.05) is 12.4 Å². The van der Waals surface area contributed by atoms with Crippen LogP contribution in [0.25, 0.3) is 10.4 Å². The lowest BCUT2D eigenvalue weighted by atomic mass is 9.89. The van der Waals surface area contributed by atoms with Gasteiger partial charge in [-0.2, -0.15) is 0 Å². The summed E-state index contributed by atoms with van der Waals surface area (Å²) in [5.74, 6) is 2.99. The molecule has 2 aliphatic carbocycles. The average Bonchev–Trinajstić information content (AvgIpc) is 3.31. The molecule has 0 bridgehead atoms. The Bertz CT molecular complexity index is 1060. The van der Waals surface area contributed by atoms with Crippen LogP contribution < -0.4 is 5.73 Å². The molecule has 4 heterocycles. The van der Waals surface area contributed by atoms with Crippen molar-refractivity contribution < 1.29 is 0 Å². The van der Waals surface area contributed by atoms with E-state index in [1.165, 1.54) is 102 Å². The molecule has 0 saturated heterocycles. The van der Waals surface area contributed by atoms with E-state index in [9.17, 15) is 0 Å². The summed E-state index contributed by atoms with van der Waals surface area (Å²) in [5.41, 5.74) is 16.9. The van der Waals surface area contributed by atoms with Gasteiger partial charge in [-0.1, -0.05) is 38.5 Å². The maximum Gasteiger partial charge on any atom is 0.200 e. The molecule has 208 valence electrons. The van der Waals surface area contributed by atoms with Crippen LogP contribution in [0.15, 0.2) is 17.5 Å². The van der Waals surface area contributed by atoms with E-state index in [0.29, 0.717) is 11.9 Å². The molecule has 2 aliphatic heterocycles. The second kappa shape index (κ2) is 13.5. The second-order valence-electron chi connectivity index (χ2n) is 11.8. The van der Waals surface area contributed by atoms with Crippen molar-refractivity contribution in [2.24, 2.45) is 17.0 Å². The monoisotopic (exact) mass is 522 g/mol. The minimum absolute atomic E-state index is 0.516. The molecule has 0 spiro atoms. The van der Waals surface area contributed by atoms with Crippen molar-refractivity contribution in [3.8, 4) is 0 Å². The summed E-state index contributed by atoms with van der Waals surface area (Å²) < 4.78 is 4.25. The van der Waals surface area contributed by atoms with Crippen LogP contribution in [-0.4, -0.2) is 55.1 Å². The summed E-state index contributed by atoms with van der Waals surface area (Å²) in [5, 5.41) is 3.68. The van der Waals surface area contributed by atoms with Crippen molar-refractivity contribution in [3.63, 3.8) is 0 Å². The molecule has 0 amide bonds. The van der Waals surface area contributed by atoms with Gasteiger partial charge in [0.15, 0.2) is 11.9 Å². The highest BCUT2D eigenvalue weighted by Crippen LogP contribution is 2.28. The van der Waals surface area contributed by atoms with Gasteiger partial charge < -0.3 is 14.9 Å². The maximum absolute atomic E-state index is 8.57. The van der Waals surface area contributed by atoms with E-state index in [0.717, 1.165) is 51.0 Å². The van der Waals surface area contributed by atoms with Gasteiger partial charge in [-0.05, 0) is 61.0 Å². The Labute approximate surface area is 227 Å². The number of nitrogens with zero attached hydrogens (tertiary/aromatic N) is 9. The number of imidazole rings is 2. The molecule has 10 nitrogen and oxygen atoms in total. The zero-order chi connectivity index (χ0) is 26.2. The quantitative estimate of drug-likeness (QED) is 0.300.